The zero-order valence-electron chi connectivity index (χ0n) is 6.65. The van der Waals surface area contributed by atoms with Crippen LogP contribution in [-0.4, -0.2) is 27.9 Å². The Bertz CT molecular complexity index is 327. The lowest BCUT2D eigenvalue weighted by atomic mass is 10.3. The van der Waals surface area contributed by atoms with E-state index < -0.39 is 0 Å². The van der Waals surface area contributed by atoms with Crippen LogP contribution in [0.2, 0.25) is 0 Å². The van der Waals surface area contributed by atoms with Crippen molar-refractivity contribution >= 4 is 11.8 Å². The summed E-state index contributed by atoms with van der Waals surface area (Å²) >= 11 is 0. The van der Waals surface area contributed by atoms with Crippen molar-refractivity contribution in [1.29, 1.82) is 0 Å². The molecule has 1 atom stereocenters. The molecule has 0 radical (unpaired) electrons. The summed E-state index contributed by atoms with van der Waals surface area (Å²) in [5.41, 5.74) is 12.2. The van der Waals surface area contributed by atoms with Gasteiger partial charge in [-0.1, -0.05) is 0 Å². The highest BCUT2D eigenvalue weighted by Crippen LogP contribution is 2.25. The van der Waals surface area contributed by atoms with Crippen molar-refractivity contribution in [1.82, 2.24) is 14.9 Å². The van der Waals surface area contributed by atoms with Gasteiger partial charge in [0, 0.05) is 7.05 Å². The van der Waals surface area contributed by atoms with Gasteiger partial charge in [-0.05, 0) is 0 Å². The van der Waals surface area contributed by atoms with Gasteiger partial charge in [-0.3, -0.25) is 0 Å². The Morgan fingerprint density at radius 3 is 3.17 bits per heavy atom. The second-order valence-electron chi connectivity index (χ2n) is 2.67. The zero-order chi connectivity index (χ0) is 8.72. The van der Waals surface area contributed by atoms with Crippen LogP contribution in [0, 0.1) is 0 Å². The van der Waals surface area contributed by atoms with Crippen LogP contribution >= 0.6 is 0 Å². The largest absolute Gasteiger partial charge is 0.369 e. The standard InChI is InChI=1S/C6H10N6/c1-12-4(7)3-5(10-2-9-3)11-6(12)8/h2,4H,7H2,1H3,(H2,8,11)(H,9,10). The second-order valence-corrected chi connectivity index (χ2v) is 2.67. The molecule has 0 aliphatic carbocycles. The van der Waals surface area contributed by atoms with Crippen LogP contribution < -0.4 is 11.5 Å². The summed E-state index contributed by atoms with van der Waals surface area (Å²) in [6, 6.07) is 0. The van der Waals surface area contributed by atoms with Crippen molar-refractivity contribution < 1.29 is 0 Å². The maximum atomic E-state index is 5.82. The van der Waals surface area contributed by atoms with Crippen LogP contribution in [0.5, 0.6) is 0 Å². The minimum atomic E-state index is -0.278. The molecule has 0 fully saturated rings. The molecule has 12 heavy (non-hydrogen) atoms. The van der Waals surface area contributed by atoms with E-state index in [4.69, 9.17) is 11.5 Å². The molecule has 0 saturated carbocycles. The highest BCUT2D eigenvalue weighted by molar-refractivity contribution is 5.82. The predicted molar refractivity (Wildman–Crippen MR) is 44.6 cm³/mol. The third-order valence-electron chi connectivity index (χ3n) is 1.94. The molecule has 0 saturated heterocycles. The quantitative estimate of drug-likeness (QED) is 0.473. The summed E-state index contributed by atoms with van der Waals surface area (Å²) in [4.78, 5) is 12.6. The van der Waals surface area contributed by atoms with Gasteiger partial charge >= 0.3 is 0 Å². The van der Waals surface area contributed by atoms with Gasteiger partial charge < -0.3 is 21.4 Å². The molecule has 1 aromatic rings. The first-order valence-corrected chi connectivity index (χ1v) is 3.56. The van der Waals surface area contributed by atoms with Gasteiger partial charge in [-0.15, -0.1) is 0 Å². The monoisotopic (exact) mass is 166 g/mol. The average Bonchev–Trinajstić information content (AvgIpc) is 2.48. The third-order valence-corrected chi connectivity index (χ3v) is 1.94. The zero-order valence-corrected chi connectivity index (χ0v) is 6.65. The fourth-order valence-corrected chi connectivity index (χ4v) is 1.13. The number of fused-ring (bicyclic) bond motifs is 1. The van der Waals surface area contributed by atoms with E-state index in [2.05, 4.69) is 15.0 Å². The summed E-state index contributed by atoms with van der Waals surface area (Å²) in [7, 11) is 1.78. The first-order chi connectivity index (χ1) is 5.70. The Balaban J connectivity index is 2.53. The summed E-state index contributed by atoms with van der Waals surface area (Å²) < 4.78 is 0. The van der Waals surface area contributed by atoms with E-state index in [9.17, 15) is 0 Å². The molecule has 6 heteroatoms. The minimum absolute atomic E-state index is 0.278. The fraction of sp³-hybridized carbons (Fsp3) is 0.333. The number of hydrogen-bond donors (Lipinski definition) is 3. The number of H-pyrrole nitrogens is 1. The molecule has 1 unspecified atom stereocenters. The van der Waals surface area contributed by atoms with Crippen molar-refractivity contribution in [3.63, 3.8) is 0 Å². The van der Waals surface area contributed by atoms with E-state index in [0.717, 1.165) is 5.69 Å². The number of nitrogens with one attached hydrogen (secondary N) is 1. The van der Waals surface area contributed by atoms with Crippen molar-refractivity contribution in [2.45, 2.75) is 6.17 Å². The van der Waals surface area contributed by atoms with Crippen LogP contribution in [0.1, 0.15) is 11.9 Å². The van der Waals surface area contributed by atoms with E-state index in [0.29, 0.717) is 11.8 Å². The maximum Gasteiger partial charge on any atom is 0.199 e. The molecule has 0 amide bonds. The Labute approximate surface area is 69.3 Å². The molecule has 1 aromatic heterocycles. The minimum Gasteiger partial charge on any atom is -0.369 e. The van der Waals surface area contributed by atoms with Crippen LogP contribution in [0.25, 0.3) is 0 Å². The number of aliphatic imine (C=N–C) groups is 1. The first-order valence-electron chi connectivity index (χ1n) is 3.56. The number of guanidine groups is 1. The summed E-state index contributed by atoms with van der Waals surface area (Å²) in [6.45, 7) is 0. The molecule has 2 rings (SSSR count). The van der Waals surface area contributed by atoms with E-state index in [1.54, 1.807) is 18.3 Å². The Hall–Kier alpha value is -1.56. The average molecular weight is 166 g/mol. The summed E-state index contributed by atoms with van der Waals surface area (Å²) in [6.07, 6.45) is 1.28. The number of nitrogens with zero attached hydrogens (tertiary/aromatic N) is 3. The Morgan fingerprint density at radius 2 is 2.42 bits per heavy atom. The van der Waals surface area contributed by atoms with Crippen LogP contribution in [-0.2, 0) is 0 Å². The van der Waals surface area contributed by atoms with Crippen molar-refractivity contribution in [3.05, 3.63) is 12.0 Å². The number of nitrogens with two attached hydrogens (primary N) is 2. The molecule has 1 aliphatic rings. The maximum absolute atomic E-state index is 5.82. The van der Waals surface area contributed by atoms with Gasteiger partial charge in [0.15, 0.2) is 11.8 Å². The second kappa shape index (κ2) is 2.21. The lowest BCUT2D eigenvalue weighted by molar-refractivity contribution is 0.368. The number of aromatic nitrogens is 2. The SMILES string of the molecule is CN1C(N)=Nc2nc[nH]c2C1N. The highest BCUT2D eigenvalue weighted by atomic mass is 15.3. The van der Waals surface area contributed by atoms with Gasteiger partial charge in [0.1, 0.15) is 6.17 Å². The smallest absolute Gasteiger partial charge is 0.199 e. The van der Waals surface area contributed by atoms with E-state index in [1.165, 1.54) is 0 Å². The van der Waals surface area contributed by atoms with Crippen molar-refractivity contribution in [3.8, 4) is 0 Å². The number of hydrogen-bond acceptors (Lipinski definition) is 5. The normalized spacial score (nSPS) is 22.0. The van der Waals surface area contributed by atoms with E-state index >= 15 is 0 Å². The lowest BCUT2D eigenvalue weighted by Gasteiger charge is -2.27. The molecule has 1 aliphatic heterocycles. The van der Waals surface area contributed by atoms with Gasteiger partial charge in [0.25, 0.3) is 0 Å². The number of imidazole rings is 1. The van der Waals surface area contributed by atoms with Crippen LogP contribution in [0.4, 0.5) is 5.82 Å². The summed E-state index contributed by atoms with van der Waals surface area (Å²) in [5.74, 6) is 0.972. The highest BCUT2D eigenvalue weighted by Gasteiger charge is 2.24. The molecule has 64 valence electrons. The van der Waals surface area contributed by atoms with Gasteiger partial charge in [-0.2, -0.15) is 4.99 Å². The van der Waals surface area contributed by atoms with Crippen molar-refractivity contribution in [2.75, 3.05) is 7.05 Å². The fourth-order valence-electron chi connectivity index (χ4n) is 1.13. The Kier molecular flexibility index (Phi) is 1.31. The molecular weight excluding hydrogens is 156 g/mol. The molecule has 6 nitrogen and oxygen atoms in total. The van der Waals surface area contributed by atoms with Crippen LogP contribution in [0.15, 0.2) is 11.3 Å². The summed E-state index contributed by atoms with van der Waals surface area (Å²) in [5, 5.41) is 0. The van der Waals surface area contributed by atoms with Crippen molar-refractivity contribution in [2.24, 2.45) is 16.5 Å². The number of aromatic amines is 1. The molecular formula is C6H10N6. The van der Waals surface area contributed by atoms with Gasteiger partial charge in [0.05, 0.1) is 12.0 Å². The van der Waals surface area contributed by atoms with Crippen LogP contribution in [0.3, 0.4) is 0 Å². The molecule has 2 heterocycles. The predicted octanol–water partition coefficient (Wildman–Crippen LogP) is -0.741. The third kappa shape index (κ3) is 0.782. The lowest BCUT2D eigenvalue weighted by Crippen LogP contribution is -2.42. The first kappa shape index (κ1) is 7.11. The molecule has 0 aromatic carbocycles. The van der Waals surface area contributed by atoms with Gasteiger partial charge in [0.2, 0.25) is 0 Å². The molecule has 0 bridgehead atoms. The van der Waals surface area contributed by atoms with E-state index in [-0.39, 0.29) is 6.17 Å². The Morgan fingerprint density at radius 1 is 1.67 bits per heavy atom. The topological polar surface area (TPSA) is 96.3 Å². The molecule has 5 N–H and O–H groups in total. The van der Waals surface area contributed by atoms with E-state index in [1.807, 2.05) is 0 Å². The van der Waals surface area contributed by atoms with Gasteiger partial charge in [-0.25, -0.2) is 4.98 Å². The number of rotatable bonds is 0. The molecule has 0 spiro atoms.